The van der Waals surface area contributed by atoms with Crippen molar-refractivity contribution in [2.45, 2.75) is 37.5 Å². The van der Waals surface area contributed by atoms with Gasteiger partial charge in [0.2, 0.25) is 10.0 Å². The number of rotatable bonds is 11. The van der Waals surface area contributed by atoms with Crippen LogP contribution in [0, 0.1) is 0 Å². The zero-order chi connectivity index (χ0) is 20.4. The number of nitrogens with zero attached hydrogens (tertiary/aromatic N) is 2. The van der Waals surface area contributed by atoms with E-state index in [0.717, 1.165) is 38.8 Å². The highest BCUT2D eigenvalue weighted by Crippen LogP contribution is 2.18. The Kier molecular flexibility index (Phi) is 9.37. The third-order valence-corrected chi connectivity index (χ3v) is 6.92. The van der Waals surface area contributed by atoms with E-state index in [2.05, 4.69) is 17.1 Å². The lowest BCUT2D eigenvalue weighted by Crippen LogP contribution is -2.43. The summed E-state index contributed by atoms with van der Waals surface area (Å²) in [5, 5.41) is 2.54. The molecule has 7 nitrogen and oxygen atoms in total. The first kappa shape index (κ1) is 22.8. The van der Waals surface area contributed by atoms with Crippen LogP contribution >= 0.6 is 0 Å². The molecule has 28 heavy (non-hydrogen) atoms. The standard InChI is InChI=1S/C20H33N3O4S/c1-3-4-5-6-11-23(13-12-22-14-16-27-17-15-22)28(25,26)19-9-7-18(8-10-19)20(24)21-2/h7-10H,3-6,11-17H2,1-2H3,(H,21,24). The van der Waals surface area contributed by atoms with E-state index in [1.165, 1.54) is 12.1 Å². The second-order valence-corrected chi connectivity index (χ2v) is 8.96. The lowest BCUT2D eigenvalue weighted by molar-refractivity contribution is 0.0362. The first-order valence-electron chi connectivity index (χ1n) is 10.1. The van der Waals surface area contributed by atoms with Gasteiger partial charge in [-0.1, -0.05) is 26.2 Å². The first-order valence-corrected chi connectivity index (χ1v) is 11.6. The minimum absolute atomic E-state index is 0.229. The molecule has 8 heteroatoms. The van der Waals surface area contributed by atoms with Crippen LogP contribution in [0.2, 0.25) is 0 Å². The van der Waals surface area contributed by atoms with Gasteiger partial charge in [0.25, 0.3) is 5.91 Å². The average molecular weight is 412 g/mol. The number of morpholine rings is 1. The summed E-state index contributed by atoms with van der Waals surface area (Å²) in [7, 11) is -2.04. The van der Waals surface area contributed by atoms with E-state index in [4.69, 9.17) is 4.74 Å². The van der Waals surface area contributed by atoms with Crippen LogP contribution in [0.5, 0.6) is 0 Å². The summed E-state index contributed by atoms with van der Waals surface area (Å²) in [5.41, 5.74) is 0.448. The predicted octanol–water partition coefficient (Wildman–Crippen LogP) is 1.95. The van der Waals surface area contributed by atoms with Crippen LogP contribution in [-0.2, 0) is 14.8 Å². The van der Waals surface area contributed by atoms with Gasteiger partial charge in [0, 0.05) is 45.3 Å². The number of carbonyl (C=O) groups excluding carboxylic acids is 1. The Morgan fingerprint density at radius 2 is 1.79 bits per heavy atom. The van der Waals surface area contributed by atoms with Crippen LogP contribution in [0.4, 0.5) is 0 Å². The maximum atomic E-state index is 13.2. The molecule has 0 spiro atoms. The molecule has 158 valence electrons. The fourth-order valence-corrected chi connectivity index (χ4v) is 4.69. The highest BCUT2D eigenvalue weighted by atomic mass is 32.2. The maximum Gasteiger partial charge on any atom is 0.251 e. The summed E-state index contributed by atoms with van der Waals surface area (Å²) in [6.45, 7) is 6.90. The molecule has 2 rings (SSSR count). The fraction of sp³-hybridized carbons (Fsp3) is 0.650. The van der Waals surface area contributed by atoms with Crippen molar-refractivity contribution in [3.05, 3.63) is 29.8 Å². The number of carbonyl (C=O) groups is 1. The van der Waals surface area contributed by atoms with Gasteiger partial charge in [0.05, 0.1) is 18.1 Å². The molecule has 0 unspecified atom stereocenters. The minimum Gasteiger partial charge on any atom is -0.379 e. The topological polar surface area (TPSA) is 79.0 Å². The quantitative estimate of drug-likeness (QED) is 0.563. The Bertz CT molecular complexity index is 701. The maximum absolute atomic E-state index is 13.2. The molecule has 1 heterocycles. The van der Waals surface area contributed by atoms with Crippen LogP contribution in [0.25, 0.3) is 0 Å². The van der Waals surface area contributed by atoms with E-state index < -0.39 is 10.0 Å². The van der Waals surface area contributed by atoms with Crippen molar-refractivity contribution in [2.24, 2.45) is 0 Å². The van der Waals surface area contributed by atoms with Gasteiger partial charge in [-0.3, -0.25) is 9.69 Å². The van der Waals surface area contributed by atoms with E-state index in [1.54, 1.807) is 23.5 Å². The molecule has 1 aliphatic heterocycles. The van der Waals surface area contributed by atoms with E-state index in [-0.39, 0.29) is 10.8 Å². The zero-order valence-electron chi connectivity index (χ0n) is 17.0. The molecular weight excluding hydrogens is 378 g/mol. The van der Waals surface area contributed by atoms with Gasteiger partial charge < -0.3 is 10.1 Å². The van der Waals surface area contributed by atoms with Crippen LogP contribution in [0.1, 0.15) is 43.0 Å². The number of hydrogen-bond donors (Lipinski definition) is 1. The summed E-state index contributed by atoms with van der Waals surface area (Å²) >= 11 is 0. The Labute approximate surface area is 169 Å². The molecule has 1 amide bonds. The van der Waals surface area contributed by atoms with Crippen molar-refractivity contribution in [1.82, 2.24) is 14.5 Å². The number of nitrogens with one attached hydrogen (secondary N) is 1. The second kappa shape index (κ2) is 11.5. The van der Waals surface area contributed by atoms with Crippen molar-refractivity contribution in [3.8, 4) is 0 Å². The van der Waals surface area contributed by atoms with Crippen LogP contribution < -0.4 is 5.32 Å². The molecule has 1 aromatic carbocycles. The first-order chi connectivity index (χ1) is 13.5. The van der Waals surface area contributed by atoms with Crippen LogP contribution in [-0.4, -0.2) is 76.5 Å². The van der Waals surface area contributed by atoms with Crippen molar-refractivity contribution in [2.75, 3.05) is 53.0 Å². The normalized spacial score (nSPS) is 15.7. The van der Waals surface area contributed by atoms with E-state index in [0.29, 0.717) is 38.4 Å². The molecule has 0 atom stereocenters. The van der Waals surface area contributed by atoms with Crippen molar-refractivity contribution in [3.63, 3.8) is 0 Å². The lowest BCUT2D eigenvalue weighted by atomic mass is 10.2. The predicted molar refractivity (Wildman–Crippen MR) is 110 cm³/mol. The summed E-state index contributed by atoms with van der Waals surface area (Å²) in [5.74, 6) is -0.229. The molecule has 1 saturated heterocycles. The van der Waals surface area contributed by atoms with Crippen LogP contribution in [0.3, 0.4) is 0 Å². The number of amides is 1. The highest BCUT2D eigenvalue weighted by Gasteiger charge is 2.25. The van der Waals surface area contributed by atoms with E-state index in [9.17, 15) is 13.2 Å². The third kappa shape index (κ3) is 6.55. The molecule has 0 bridgehead atoms. The smallest absolute Gasteiger partial charge is 0.251 e. The molecule has 0 aliphatic carbocycles. The number of sulfonamides is 1. The second-order valence-electron chi connectivity index (χ2n) is 7.02. The SMILES string of the molecule is CCCCCCN(CCN1CCOCC1)S(=O)(=O)c1ccc(C(=O)NC)cc1. The Morgan fingerprint density at radius 1 is 1.11 bits per heavy atom. The van der Waals surface area contributed by atoms with Gasteiger partial charge in [0.15, 0.2) is 0 Å². The monoisotopic (exact) mass is 411 g/mol. The average Bonchev–Trinajstić information content (AvgIpc) is 2.73. The molecule has 1 aromatic rings. The third-order valence-electron chi connectivity index (χ3n) is 5.01. The zero-order valence-corrected chi connectivity index (χ0v) is 17.8. The summed E-state index contributed by atoms with van der Waals surface area (Å²) in [4.78, 5) is 14.2. The number of hydrogen-bond acceptors (Lipinski definition) is 5. The van der Waals surface area contributed by atoms with Gasteiger partial charge in [-0.05, 0) is 30.7 Å². The van der Waals surface area contributed by atoms with Gasteiger partial charge >= 0.3 is 0 Å². The van der Waals surface area contributed by atoms with Crippen molar-refractivity contribution >= 4 is 15.9 Å². The summed E-state index contributed by atoms with van der Waals surface area (Å²) in [6.07, 6.45) is 4.10. The van der Waals surface area contributed by atoms with Gasteiger partial charge in [-0.2, -0.15) is 4.31 Å². The van der Waals surface area contributed by atoms with Crippen molar-refractivity contribution in [1.29, 1.82) is 0 Å². The van der Waals surface area contributed by atoms with Crippen LogP contribution in [0.15, 0.2) is 29.2 Å². The Balaban J connectivity index is 2.09. The number of unbranched alkanes of at least 4 members (excludes halogenated alkanes) is 3. The molecule has 0 aromatic heterocycles. The number of ether oxygens (including phenoxy) is 1. The summed E-state index contributed by atoms with van der Waals surface area (Å²) in [6, 6.07) is 6.16. The van der Waals surface area contributed by atoms with E-state index >= 15 is 0 Å². The minimum atomic E-state index is -3.59. The molecule has 1 aliphatic rings. The molecular formula is C20H33N3O4S. The lowest BCUT2D eigenvalue weighted by Gasteiger charge is -2.29. The van der Waals surface area contributed by atoms with Gasteiger partial charge in [-0.15, -0.1) is 0 Å². The molecule has 0 radical (unpaired) electrons. The molecule has 0 saturated carbocycles. The van der Waals surface area contributed by atoms with Crippen molar-refractivity contribution < 1.29 is 17.9 Å². The summed E-state index contributed by atoms with van der Waals surface area (Å²) < 4.78 is 33.4. The Morgan fingerprint density at radius 3 is 2.39 bits per heavy atom. The van der Waals surface area contributed by atoms with Gasteiger partial charge in [-0.25, -0.2) is 8.42 Å². The highest BCUT2D eigenvalue weighted by molar-refractivity contribution is 7.89. The molecule has 1 fully saturated rings. The number of benzene rings is 1. The van der Waals surface area contributed by atoms with E-state index in [1.807, 2.05) is 0 Å². The largest absolute Gasteiger partial charge is 0.379 e. The Hall–Kier alpha value is -1.48. The molecule has 1 N–H and O–H groups in total. The fourth-order valence-electron chi connectivity index (χ4n) is 3.22. The van der Waals surface area contributed by atoms with Gasteiger partial charge in [0.1, 0.15) is 0 Å².